The number of amides is 2. The zero-order valence-electron chi connectivity index (χ0n) is 14.1. The minimum Gasteiger partial charge on any atom is -0.350 e. The van der Waals surface area contributed by atoms with Crippen molar-refractivity contribution in [1.29, 1.82) is 0 Å². The molecule has 0 radical (unpaired) electrons. The van der Waals surface area contributed by atoms with Gasteiger partial charge in [-0.2, -0.15) is 0 Å². The van der Waals surface area contributed by atoms with E-state index in [9.17, 15) is 9.59 Å². The first-order chi connectivity index (χ1) is 11.5. The molecule has 0 spiro atoms. The molecule has 124 valence electrons. The van der Waals surface area contributed by atoms with Crippen LogP contribution in [-0.4, -0.2) is 18.4 Å². The highest BCUT2D eigenvalue weighted by Gasteiger charge is 2.36. The molecule has 1 heterocycles. The summed E-state index contributed by atoms with van der Waals surface area (Å²) in [7, 11) is 0. The quantitative estimate of drug-likeness (QED) is 0.940. The van der Waals surface area contributed by atoms with Gasteiger partial charge in [0, 0.05) is 24.1 Å². The number of benzene rings is 2. The Bertz CT molecular complexity index is 753. The van der Waals surface area contributed by atoms with Gasteiger partial charge in [-0.05, 0) is 17.2 Å². The number of rotatable bonds is 4. The Morgan fingerprint density at radius 2 is 1.75 bits per heavy atom. The van der Waals surface area contributed by atoms with Crippen molar-refractivity contribution in [3.8, 4) is 0 Å². The lowest BCUT2D eigenvalue weighted by atomic mass is 9.77. The highest BCUT2D eigenvalue weighted by molar-refractivity contribution is 6.02. The molecule has 0 fully saturated rings. The summed E-state index contributed by atoms with van der Waals surface area (Å²) >= 11 is 0. The summed E-state index contributed by atoms with van der Waals surface area (Å²) in [6.45, 7) is 4.65. The van der Waals surface area contributed by atoms with Crippen molar-refractivity contribution < 1.29 is 9.59 Å². The van der Waals surface area contributed by atoms with Crippen LogP contribution < -0.4 is 10.2 Å². The van der Waals surface area contributed by atoms with Crippen molar-refractivity contribution in [2.75, 3.05) is 11.4 Å². The first kappa shape index (κ1) is 16.2. The second kappa shape index (κ2) is 6.48. The molecule has 0 aromatic heterocycles. The molecule has 2 amide bonds. The maximum atomic E-state index is 12.5. The molecule has 0 atom stereocenters. The Morgan fingerprint density at radius 3 is 2.50 bits per heavy atom. The molecule has 1 aliphatic rings. The highest BCUT2D eigenvalue weighted by Crippen LogP contribution is 2.39. The van der Waals surface area contributed by atoms with Gasteiger partial charge in [-0.25, -0.2) is 0 Å². The molecule has 0 bridgehead atoms. The molecule has 0 saturated heterocycles. The van der Waals surface area contributed by atoms with Crippen molar-refractivity contribution in [3.05, 3.63) is 65.7 Å². The Balaban J connectivity index is 1.72. The molecule has 4 heteroatoms. The average molecular weight is 322 g/mol. The summed E-state index contributed by atoms with van der Waals surface area (Å²) in [5, 5.41) is 2.89. The van der Waals surface area contributed by atoms with Gasteiger partial charge in [-0.15, -0.1) is 0 Å². The van der Waals surface area contributed by atoms with E-state index in [2.05, 4.69) is 19.2 Å². The van der Waals surface area contributed by atoms with E-state index in [1.165, 1.54) is 0 Å². The van der Waals surface area contributed by atoms with E-state index >= 15 is 0 Å². The SMILES string of the molecule is CC1(C)CC(=O)N(CC(=O)NCc2ccccc2)c2ccccc21. The van der Waals surface area contributed by atoms with E-state index in [-0.39, 0.29) is 23.8 Å². The monoisotopic (exact) mass is 322 g/mol. The minimum absolute atomic E-state index is 0.00596. The maximum Gasteiger partial charge on any atom is 0.240 e. The number of hydrogen-bond donors (Lipinski definition) is 1. The Hall–Kier alpha value is -2.62. The summed E-state index contributed by atoms with van der Waals surface area (Å²) in [6, 6.07) is 17.6. The van der Waals surface area contributed by atoms with Crippen LogP contribution in [0.25, 0.3) is 0 Å². The van der Waals surface area contributed by atoms with Gasteiger partial charge in [0.1, 0.15) is 6.54 Å². The molecule has 1 N–H and O–H groups in total. The zero-order valence-corrected chi connectivity index (χ0v) is 14.1. The van der Waals surface area contributed by atoms with Gasteiger partial charge < -0.3 is 10.2 Å². The topological polar surface area (TPSA) is 49.4 Å². The Labute approximate surface area is 142 Å². The molecular weight excluding hydrogens is 300 g/mol. The van der Waals surface area contributed by atoms with Crippen molar-refractivity contribution >= 4 is 17.5 Å². The van der Waals surface area contributed by atoms with E-state index in [1.807, 2.05) is 54.6 Å². The lowest BCUT2D eigenvalue weighted by Gasteiger charge is -2.38. The summed E-state index contributed by atoms with van der Waals surface area (Å²) in [6.07, 6.45) is 0.413. The van der Waals surface area contributed by atoms with Crippen LogP contribution >= 0.6 is 0 Å². The highest BCUT2D eigenvalue weighted by atomic mass is 16.2. The predicted molar refractivity (Wildman–Crippen MR) is 94.7 cm³/mol. The molecule has 24 heavy (non-hydrogen) atoms. The second-order valence-corrected chi connectivity index (χ2v) is 6.82. The number of nitrogens with one attached hydrogen (secondary N) is 1. The van der Waals surface area contributed by atoms with Crippen molar-refractivity contribution in [3.63, 3.8) is 0 Å². The van der Waals surface area contributed by atoms with Crippen LogP contribution in [0.5, 0.6) is 0 Å². The van der Waals surface area contributed by atoms with Gasteiger partial charge in [-0.3, -0.25) is 9.59 Å². The molecule has 3 rings (SSSR count). The molecular formula is C20H22N2O2. The van der Waals surface area contributed by atoms with Crippen LogP contribution in [0.4, 0.5) is 5.69 Å². The molecule has 0 aliphatic carbocycles. The molecule has 2 aromatic rings. The smallest absolute Gasteiger partial charge is 0.240 e. The predicted octanol–water partition coefficient (Wildman–Crippen LogP) is 3.02. The van der Waals surface area contributed by atoms with E-state index in [0.29, 0.717) is 13.0 Å². The number of para-hydroxylation sites is 1. The number of anilines is 1. The fraction of sp³-hybridized carbons (Fsp3) is 0.300. The first-order valence-corrected chi connectivity index (χ1v) is 8.18. The lowest BCUT2D eigenvalue weighted by molar-refractivity contribution is -0.124. The van der Waals surface area contributed by atoms with E-state index in [0.717, 1.165) is 16.8 Å². The van der Waals surface area contributed by atoms with Crippen molar-refractivity contribution in [1.82, 2.24) is 5.32 Å². The van der Waals surface area contributed by atoms with Gasteiger partial charge in [-0.1, -0.05) is 62.4 Å². The van der Waals surface area contributed by atoms with E-state index < -0.39 is 0 Å². The first-order valence-electron chi connectivity index (χ1n) is 8.18. The normalized spacial score (nSPS) is 15.8. The number of carbonyl (C=O) groups excluding carboxylic acids is 2. The lowest BCUT2D eigenvalue weighted by Crippen LogP contribution is -2.46. The Morgan fingerprint density at radius 1 is 1.08 bits per heavy atom. The summed E-state index contributed by atoms with van der Waals surface area (Å²) in [5.41, 5.74) is 2.79. The maximum absolute atomic E-state index is 12.5. The zero-order chi connectivity index (χ0) is 17.2. The van der Waals surface area contributed by atoms with Crippen LogP contribution in [-0.2, 0) is 21.5 Å². The van der Waals surface area contributed by atoms with Gasteiger partial charge in [0.15, 0.2) is 0 Å². The van der Waals surface area contributed by atoms with Crippen LogP contribution in [0.15, 0.2) is 54.6 Å². The molecule has 4 nitrogen and oxygen atoms in total. The van der Waals surface area contributed by atoms with Crippen LogP contribution in [0.2, 0.25) is 0 Å². The number of nitrogens with zero attached hydrogens (tertiary/aromatic N) is 1. The number of carbonyl (C=O) groups is 2. The molecule has 2 aromatic carbocycles. The third-order valence-electron chi connectivity index (χ3n) is 4.45. The van der Waals surface area contributed by atoms with E-state index in [4.69, 9.17) is 0 Å². The van der Waals surface area contributed by atoms with Crippen molar-refractivity contribution in [2.45, 2.75) is 32.2 Å². The fourth-order valence-electron chi connectivity index (χ4n) is 3.15. The van der Waals surface area contributed by atoms with Gasteiger partial charge >= 0.3 is 0 Å². The molecule has 0 unspecified atom stereocenters. The standard InChI is InChI=1S/C20H22N2O2/c1-20(2)12-19(24)22(17-11-7-6-10-16(17)20)14-18(23)21-13-15-8-4-3-5-9-15/h3-11H,12-14H2,1-2H3,(H,21,23). The summed E-state index contributed by atoms with van der Waals surface area (Å²) in [5.74, 6) is -0.157. The third kappa shape index (κ3) is 3.32. The minimum atomic E-state index is -0.204. The van der Waals surface area contributed by atoms with Gasteiger partial charge in [0.2, 0.25) is 11.8 Å². The van der Waals surface area contributed by atoms with Gasteiger partial charge in [0.05, 0.1) is 0 Å². The van der Waals surface area contributed by atoms with Crippen LogP contribution in [0, 0.1) is 0 Å². The Kier molecular flexibility index (Phi) is 4.38. The largest absolute Gasteiger partial charge is 0.350 e. The van der Waals surface area contributed by atoms with Crippen molar-refractivity contribution in [2.24, 2.45) is 0 Å². The van der Waals surface area contributed by atoms with Crippen LogP contribution in [0.3, 0.4) is 0 Å². The number of hydrogen-bond acceptors (Lipinski definition) is 2. The molecule has 0 saturated carbocycles. The second-order valence-electron chi connectivity index (χ2n) is 6.82. The number of fused-ring (bicyclic) bond motifs is 1. The average Bonchev–Trinajstić information content (AvgIpc) is 2.57. The fourth-order valence-corrected chi connectivity index (χ4v) is 3.15. The third-order valence-corrected chi connectivity index (χ3v) is 4.45. The van der Waals surface area contributed by atoms with E-state index in [1.54, 1.807) is 4.90 Å². The molecule has 1 aliphatic heterocycles. The van der Waals surface area contributed by atoms with Gasteiger partial charge in [0.25, 0.3) is 0 Å². The summed E-state index contributed by atoms with van der Waals surface area (Å²) in [4.78, 5) is 26.4. The van der Waals surface area contributed by atoms with Crippen LogP contribution in [0.1, 0.15) is 31.4 Å². The summed E-state index contributed by atoms with van der Waals surface area (Å²) < 4.78 is 0.